The molecule has 0 aromatic carbocycles. The van der Waals surface area contributed by atoms with E-state index in [1.54, 1.807) is 15.3 Å². The van der Waals surface area contributed by atoms with Crippen LogP contribution < -0.4 is 0 Å². The molecule has 0 spiro atoms. The molecule has 19 heavy (non-hydrogen) atoms. The number of nitrogens with zero attached hydrogens (tertiary/aromatic N) is 3. The highest BCUT2D eigenvalue weighted by atomic mass is 79.9. The fourth-order valence-corrected chi connectivity index (χ4v) is 3.30. The first kappa shape index (κ1) is 18.2. The quantitative estimate of drug-likeness (QED) is 0.321. The van der Waals surface area contributed by atoms with Crippen LogP contribution in [0, 0.1) is 0 Å². The summed E-state index contributed by atoms with van der Waals surface area (Å²) in [6.45, 7) is 2.85. The Morgan fingerprint density at radius 1 is 1.16 bits per heavy atom. The first-order chi connectivity index (χ1) is 8.71. The van der Waals surface area contributed by atoms with E-state index in [0.29, 0.717) is 6.54 Å². The largest absolute Gasteiger partial charge is 0.271 e. The lowest BCUT2D eigenvalue weighted by Crippen LogP contribution is -2.54. The van der Waals surface area contributed by atoms with Gasteiger partial charge >= 0.3 is 0 Å². The lowest BCUT2D eigenvalue weighted by atomic mass is 10.2. The van der Waals surface area contributed by atoms with Crippen LogP contribution in [-0.4, -0.2) is 36.1 Å². The van der Waals surface area contributed by atoms with E-state index in [2.05, 4.69) is 28.2 Å². The highest BCUT2D eigenvalue weighted by Crippen LogP contribution is 2.51. The van der Waals surface area contributed by atoms with E-state index in [1.807, 2.05) is 0 Å². The predicted molar refractivity (Wildman–Crippen MR) is 88.6 cm³/mol. The van der Waals surface area contributed by atoms with Crippen LogP contribution in [0.2, 0.25) is 0 Å². The van der Waals surface area contributed by atoms with Gasteiger partial charge in [-0.2, -0.15) is 5.10 Å². The van der Waals surface area contributed by atoms with Gasteiger partial charge in [-0.3, -0.25) is 8.93 Å². The highest BCUT2D eigenvalue weighted by molar-refractivity contribution is 9.07. The molecule has 0 aromatic rings. The minimum absolute atomic E-state index is 0.579. The standard InChI is InChI=1S/C10H15BrCl5N3/c1-2-3-4-5-6-19-8(18(11)7-17-19)9(12,13)10(14,15)16/h7-8H,2-6H2,1H3. The van der Waals surface area contributed by atoms with E-state index in [1.165, 1.54) is 12.8 Å². The summed E-state index contributed by atoms with van der Waals surface area (Å²) in [5.41, 5.74) is 0. The molecular weight excluding hydrogens is 419 g/mol. The van der Waals surface area contributed by atoms with Crippen LogP contribution in [0.5, 0.6) is 0 Å². The number of hydrazone groups is 1. The van der Waals surface area contributed by atoms with Crippen molar-refractivity contribution in [2.24, 2.45) is 5.10 Å². The second-order valence-electron chi connectivity index (χ2n) is 4.29. The van der Waals surface area contributed by atoms with E-state index in [9.17, 15) is 0 Å². The van der Waals surface area contributed by atoms with Crippen LogP contribution in [0.15, 0.2) is 5.10 Å². The molecule has 0 aliphatic carbocycles. The Hall–Kier alpha value is 1.20. The Morgan fingerprint density at radius 2 is 1.79 bits per heavy atom. The van der Waals surface area contributed by atoms with Gasteiger partial charge in [-0.05, 0) is 6.42 Å². The molecule has 1 rings (SSSR count). The van der Waals surface area contributed by atoms with Crippen LogP contribution in [0.4, 0.5) is 0 Å². The molecule has 0 radical (unpaired) electrons. The molecule has 1 unspecified atom stereocenters. The molecule has 0 saturated carbocycles. The average molecular weight is 434 g/mol. The smallest absolute Gasteiger partial charge is 0.227 e. The monoisotopic (exact) mass is 431 g/mol. The molecule has 1 aliphatic rings. The summed E-state index contributed by atoms with van der Waals surface area (Å²) in [6, 6.07) is 0. The molecule has 1 heterocycles. The number of unbranched alkanes of at least 4 members (excludes halogenated alkanes) is 3. The lowest BCUT2D eigenvalue weighted by Gasteiger charge is -2.39. The van der Waals surface area contributed by atoms with Crippen molar-refractivity contribution in [3.8, 4) is 0 Å². The van der Waals surface area contributed by atoms with Crippen LogP contribution in [-0.2, 0) is 0 Å². The van der Waals surface area contributed by atoms with E-state index >= 15 is 0 Å². The summed E-state index contributed by atoms with van der Waals surface area (Å²) < 4.78 is -1.89. The highest BCUT2D eigenvalue weighted by Gasteiger charge is 2.57. The Kier molecular flexibility index (Phi) is 7.16. The summed E-state index contributed by atoms with van der Waals surface area (Å²) >= 11 is 33.3. The van der Waals surface area contributed by atoms with Gasteiger partial charge in [0.15, 0.2) is 6.17 Å². The Balaban J connectivity index is 2.69. The Morgan fingerprint density at radius 3 is 2.32 bits per heavy atom. The maximum atomic E-state index is 6.22. The lowest BCUT2D eigenvalue weighted by molar-refractivity contribution is 0.161. The van der Waals surface area contributed by atoms with Gasteiger partial charge in [-0.1, -0.05) is 84.2 Å². The van der Waals surface area contributed by atoms with Gasteiger partial charge in [0.05, 0.1) is 16.1 Å². The molecule has 0 bridgehead atoms. The van der Waals surface area contributed by atoms with E-state index in [0.717, 1.165) is 12.8 Å². The zero-order valence-electron chi connectivity index (χ0n) is 10.3. The third-order valence-corrected chi connectivity index (χ3v) is 5.77. The van der Waals surface area contributed by atoms with Crippen LogP contribution in [0.1, 0.15) is 32.6 Å². The Bertz CT molecular complexity index is 321. The molecule has 0 aromatic heterocycles. The van der Waals surface area contributed by atoms with Gasteiger partial charge in [-0.15, -0.1) is 0 Å². The van der Waals surface area contributed by atoms with Crippen molar-refractivity contribution in [1.29, 1.82) is 0 Å². The molecule has 1 aliphatic heterocycles. The summed E-state index contributed by atoms with van der Waals surface area (Å²) in [4.78, 5) is 0. The maximum Gasteiger partial charge on any atom is 0.227 e. The first-order valence-corrected chi connectivity index (χ1v) is 8.51. The SMILES string of the molecule is CCCCCCN1N=CN(Br)C1C(Cl)(Cl)C(Cl)(Cl)Cl. The zero-order valence-corrected chi connectivity index (χ0v) is 15.7. The van der Waals surface area contributed by atoms with E-state index in [4.69, 9.17) is 58.0 Å². The molecule has 112 valence electrons. The molecule has 1 atom stereocenters. The van der Waals surface area contributed by atoms with Crippen molar-refractivity contribution in [1.82, 2.24) is 8.93 Å². The molecular formula is C10H15BrCl5N3. The van der Waals surface area contributed by atoms with Crippen LogP contribution in [0.25, 0.3) is 0 Å². The van der Waals surface area contributed by atoms with Gasteiger partial charge < -0.3 is 0 Å². The zero-order chi connectivity index (χ0) is 14.7. The first-order valence-electron chi connectivity index (χ1n) is 5.91. The number of halogens is 6. The fraction of sp³-hybridized carbons (Fsp3) is 0.900. The summed E-state index contributed by atoms with van der Waals surface area (Å²) in [5.74, 6) is 0. The van der Waals surface area contributed by atoms with Crippen molar-refractivity contribution in [2.75, 3.05) is 6.54 Å². The number of hydrogen-bond donors (Lipinski definition) is 0. The second-order valence-corrected chi connectivity index (χ2v) is 8.78. The van der Waals surface area contributed by atoms with Crippen molar-refractivity contribution in [2.45, 2.75) is 46.9 Å². The number of rotatable bonds is 6. The topological polar surface area (TPSA) is 18.8 Å². The summed E-state index contributed by atoms with van der Waals surface area (Å²) in [6.07, 6.45) is 5.41. The van der Waals surface area contributed by atoms with Gasteiger partial charge in [0.2, 0.25) is 8.13 Å². The van der Waals surface area contributed by atoms with Crippen LogP contribution in [0.3, 0.4) is 0 Å². The minimum Gasteiger partial charge on any atom is -0.271 e. The van der Waals surface area contributed by atoms with Gasteiger partial charge in [0.1, 0.15) is 6.34 Å². The molecule has 9 heteroatoms. The van der Waals surface area contributed by atoms with Crippen LogP contribution >= 0.6 is 74.2 Å². The predicted octanol–water partition coefficient (Wildman–Crippen LogP) is 5.31. The second kappa shape index (κ2) is 7.46. The van der Waals surface area contributed by atoms with E-state index in [-0.39, 0.29) is 0 Å². The third kappa shape index (κ3) is 4.58. The van der Waals surface area contributed by atoms with Gasteiger partial charge in [0, 0.05) is 6.54 Å². The number of hydrogen-bond acceptors (Lipinski definition) is 3. The molecule has 3 nitrogen and oxygen atoms in total. The number of alkyl halides is 5. The molecule has 0 N–H and O–H groups in total. The van der Waals surface area contributed by atoms with Crippen molar-refractivity contribution < 1.29 is 0 Å². The molecule has 0 amide bonds. The normalized spacial score (nSPS) is 20.5. The van der Waals surface area contributed by atoms with Crippen molar-refractivity contribution in [3.63, 3.8) is 0 Å². The van der Waals surface area contributed by atoms with Gasteiger partial charge in [0.25, 0.3) is 0 Å². The van der Waals surface area contributed by atoms with Crippen molar-refractivity contribution >= 4 is 80.5 Å². The Labute approximate surface area is 147 Å². The summed E-state index contributed by atoms with van der Waals surface area (Å²) in [5, 5.41) is 5.95. The minimum atomic E-state index is -1.83. The maximum absolute atomic E-state index is 6.22. The average Bonchev–Trinajstić information content (AvgIpc) is 2.65. The summed E-state index contributed by atoms with van der Waals surface area (Å²) in [7, 11) is 0. The fourth-order valence-electron chi connectivity index (χ4n) is 1.74. The molecule has 0 fully saturated rings. The van der Waals surface area contributed by atoms with Crippen molar-refractivity contribution in [3.05, 3.63) is 0 Å². The van der Waals surface area contributed by atoms with Gasteiger partial charge in [-0.25, -0.2) is 0 Å². The molecule has 0 saturated heterocycles. The van der Waals surface area contributed by atoms with E-state index < -0.39 is 14.3 Å². The third-order valence-electron chi connectivity index (χ3n) is 2.77.